The van der Waals surface area contributed by atoms with E-state index in [1.54, 1.807) is 5.56 Å². The molecular formula is C20H31N. The number of nitrogens with one attached hydrogen (secondary N) is 1. The molecule has 3 rings (SSSR count). The quantitative estimate of drug-likeness (QED) is 0.830. The molecule has 21 heavy (non-hydrogen) atoms. The van der Waals surface area contributed by atoms with E-state index in [0.29, 0.717) is 6.04 Å². The Kier molecular flexibility index (Phi) is 3.90. The zero-order valence-electron chi connectivity index (χ0n) is 14.6. The Morgan fingerprint density at radius 3 is 1.81 bits per heavy atom. The van der Waals surface area contributed by atoms with Gasteiger partial charge in [0, 0.05) is 6.04 Å². The Labute approximate surface area is 130 Å². The van der Waals surface area contributed by atoms with Crippen molar-refractivity contribution >= 4 is 0 Å². The van der Waals surface area contributed by atoms with Gasteiger partial charge in [-0.25, -0.2) is 0 Å². The first kappa shape index (κ1) is 15.1. The maximum Gasteiger partial charge on any atom is 0.0354 e. The summed E-state index contributed by atoms with van der Waals surface area (Å²) in [6, 6.07) is 0.554. The lowest BCUT2D eigenvalue weighted by Crippen LogP contribution is -2.30. The molecule has 0 aliphatic heterocycles. The van der Waals surface area contributed by atoms with Gasteiger partial charge in [-0.3, -0.25) is 0 Å². The Morgan fingerprint density at radius 1 is 0.810 bits per heavy atom. The van der Waals surface area contributed by atoms with Crippen molar-refractivity contribution in [2.45, 2.75) is 66.3 Å². The zero-order chi connectivity index (χ0) is 15.3. The summed E-state index contributed by atoms with van der Waals surface area (Å²) in [5.74, 6) is 2.84. The van der Waals surface area contributed by atoms with Crippen LogP contribution in [0.15, 0.2) is 0 Å². The van der Waals surface area contributed by atoms with E-state index in [4.69, 9.17) is 0 Å². The fraction of sp³-hybridized carbons (Fsp3) is 0.700. The molecule has 2 fully saturated rings. The third-order valence-electron chi connectivity index (χ3n) is 6.90. The van der Waals surface area contributed by atoms with Crippen LogP contribution in [-0.2, 0) is 0 Å². The highest BCUT2D eigenvalue weighted by Crippen LogP contribution is 2.53. The minimum absolute atomic E-state index is 0.554. The molecule has 1 N–H and O–H groups in total. The van der Waals surface area contributed by atoms with Crippen LogP contribution in [0.5, 0.6) is 0 Å². The van der Waals surface area contributed by atoms with Gasteiger partial charge in [-0.05, 0) is 112 Å². The number of benzene rings is 1. The molecule has 0 amide bonds. The summed E-state index contributed by atoms with van der Waals surface area (Å²) < 4.78 is 0. The van der Waals surface area contributed by atoms with Gasteiger partial charge in [-0.1, -0.05) is 6.42 Å². The summed E-state index contributed by atoms with van der Waals surface area (Å²) in [6.45, 7) is 11.5. The van der Waals surface area contributed by atoms with Gasteiger partial charge in [0.05, 0.1) is 0 Å². The van der Waals surface area contributed by atoms with Crippen LogP contribution in [0, 0.1) is 52.4 Å². The van der Waals surface area contributed by atoms with Gasteiger partial charge in [0.1, 0.15) is 0 Å². The van der Waals surface area contributed by atoms with Gasteiger partial charge in [0.2, 0.25) is 0 Å². The van der Waals surface area contributed by atoms with Crippen molar-refractivity contribution in [3.8, 4) is 0 Å². The molecule has 116 valence electrons. The van der Waals surface area contributed by atoms with E-state index in [1.807, 2.05) is 0 Å². The van der Waals surface area contributed by atoms with Gasteiger partial charge in [0.15, 0.2) is 0 Å². The van der Waals surface area contributed by atoms with Gasteiger partial charge in [-0.15, -0.1) is 0 Å². The average Bonchev–Trinajstić information content (AvgIpc) is 3.10. The molecule has 2 aliphatic carbocycles. The van der Waals surface area contributed by atoms with Crippen molar-refractivity contribution in [3.05, 3.63) is 33.4 Å². The number of hydrogen-bond donors (Lipinski definition) is 1. The van der Waals surface area contributed by atoms with E-state index < -0.39 is 0 Å². The second-order valence-corrected chi connectivity index (χ2v) is 7.64. The summed E-state index contributed by atoms with van der Waals surface area (Å²) in [4.78, 5) is 0. The fourth-order valence-corrected chi connectivity index (χ4v) is 5.27. The van der Waals surface area contributed by atoms with Gasteiger partial charge in [0.25, 0.3) is 0 Å². The second-order valence-electron chi connectivity index (χ2n) is 7.64. The van der Waals surface area contributed by atoms with Crippen LogP contribution < -0.4 is 5.32 Å². The van der Waals surface area contributed by atoms with Crippen LogP contribution in [0.1, 0.15) is 65.1 Å². The highest BCUT2D eigenvalue weighted by molar-refractivity contribution is 5.51. The first-order chi connectivity index (χ1) is 9.95. The molecule has 2 bridgehead atoms. The van der Waals surface area contributed by atoms with Crippen molar-refractivity contribution < 1.29 is 0 Å². The summed E-state index contributed by atoms with van der Waals surface area (Å²) in [5.41, 5.74) is 9.13. The third-order valence-corrected chi connectivity index (χ3v) is 6.90. The van der Waals surface area contributed by atoms with Crippen LogP contribution in [-0.4, -0.2) is 7.05 Å². The second kappa shape index (κ2) is 5.43. The topological polar surface area (TPSA) is 12.0 Å². The van der Waals surface area contributed by atoms with E-state index in [9.17, 15) is 0 Å². The molecule has 0 spiro atoms. The normalized spacial score (nSPS) is 29.1. The third kappa shape index (κ3) is 2.25. The van der Waals surface area contributed by atoms with Crippen LogP contribution in [0.2, 0.25) is 0 Å². The van der Waals surface area contributed by atoms with Crippen molar-refractivity contribution in [2.24, 2.45) is 17.8 Å². The first-order valence-corrected chi connectivity index (χ1v) is 8.69. The first-order valence-electron chi connectivity index (χ1n) is 8.69. The van der Waals surface area contributed by atoms with E-state index in [0.717, 1.165) is 17.8 Å². The van der Waals surface area contributed by atoms with E-state index in [2.05, 4.69) is 47.0 Å². The van der Waals surface area contributed by atoms with Gasteiger partial charge < -0.3 is 5.32 Å². The number of rotatable bonds is 3. The van der Waals surface area contributed by atoms with Gasteiger partial charge in [-0.2, -0.15) is 0 Å². The van der Waals surface area contributed by atoms with Crippen molar-refractivity contribution in [1.29, 1.82) is 0 Å². The minimum atomic E-state index is 0.554. The summed E-state index contributed by atoms with van der Waals surface area (Å²) in [7, 11) is 2.17. The van der Waals surface area contributed by atoms with E-state index in [1.165, 1.54) is 53.5 Å². The maximum atomic E-state index is 3.70. The molecule has 2 aliphatic rings. The van der Waals surface area contributed by atoms with Crippen LogP contribution in [0.3, 0.4) is 0 Å². The number of hydrogen-bond acceptors (Lipinski definition) is 1. The molecule has 2 saturated carbocycles. The molecule has 4 atom stereocenters. The largest absolute Gasteiger partial charge is 0.313 e. The lowest BCUT2D eigenvalue weighted by molar-refractivity contribution is 0.258. The molecule has 1 aromatic carbocycles. The molecule has 1 aromatic rings. The standard InChI is InChI=1S/C20H31N/c1-11-12(2)14(4)19(15(5)13(11)3)20(21-6)18-10-16-7-8-17(18)9-16/h16-18,20-21H,7-10H2,1-6H3. The van der Waals surface area contributed by atoms with Gasteiger partial charge >= 0.3 is 0 Å². The van der Waals surface area contributed by atoms with Crippen molar-refractivity contribution in [2.75, 3.05) is 7.05 Å². The molecule has 1 heteroatoms. The summed E-state index contributed by atoms with van der Waals surface area (Å²) in [6.07, 6.45) is 5.89. The van der Waals surface area contributed by atoms with E-state index >= 15 is 0 Å². The summed E-state index contributed by atoms with van der Waals surface area (Å²) in [5, 5.41) is 3.70. The molecule has 0 saturated heterocycles. The maximum absolute atomic E-state index is 3.70. The molecule has 1 nitrogen and oxygen atoms in total. The Balaban J connectivity index is 2.05. The molecule has 4 unspecified atom stereocenters. The fourth-order valence-electron chi connectivity index (χ4n) is 5.27. The minimum Gasteiger partial charge on any atom is -0.313 e. The SMILES string of the molecule is CNC(c1c(C)c(C)c(C)c(C)c1C)C1CC2CCC1C2. The monoisotopic (exact) mass is 285 g/mol. The highest BCUT2D eigenvalue weighted by atomic mass is 14.9. The molecule has 0 heterocycles. The Bertz CT molecular complexity index is 528. The van der Waals surface area contributed by atoms with E-state index in [-0.39, 0.29) is 0 Å². The van der Waals surface area contributed by atoms with Crippen LogP contribution in [0.25, 0.3) is 0 Å². The molecular weight excluding hydrogens is 254 g/mol. The predicted molar refractivity (Wildman–Crippen MR) is 90.9 cm³/mol. The Hall–Kier alpha value is -0.820. The number of fused-ring (bicyclic) bond motifs is 2. The van der Waals surface area contributed by atoms with Crippen molar-refractivity contribution in [1.82, 2.24) is 5.32 Å². The smallest absolute Gasteiger partial charge is 0.0354 e. The van der Waals surface area contributed by atoms with Crippen LogP contribution in [0.4, 0.5) is 0 Å². The van der Waals surface area contributed by atoms with Crippen LogP contribution >= 0.6 is 0 Å². The zero-order valence-corrected chi connectivity index (χ0v) is 14.6. The summed E-state index contributed by atoms with van der Waals surface area (Å²) >= 11 is 0. The highest BCUT2D eigenvalue weighted by Gasteiger charge is 2.43. The predicted octanol–water partition coefficient (Wildman–Crippen LogP) is 4.93. The lowest BCUT2D eigenvalue weighted by atomic mass is 9.76. The lowest BCUT2D eigenvalue weighted by Gasteiger charge is -2.34. The molecule has 0 radical (unpaired) electrons. The van der Waals surface area contributed by atoms with Crippen molar-refractivity contribution in [3.63, 3.8) is 0 Å². The average molecular weight is 285 g/mol. The Morgan fingerprint density at radius 2 is 1.38 bits per heavy atom. The molecule has 0 aromatic heterocycles.